The molecular formula is C13H19N3O3S. The molecular weight excluding hydrogens is 278 g/mol. The van der Waals surface area contributed by atoms with Gasteiger partial charge in [-0.2, -0.15) is 0 Å². The maximum Gasteiger partial charge on any atom is 0.316 e. The SMILES string of the molecule is CS(=O)(=O)C1CCCC1Nc1ccc(NC(N)=O)cc1. The molecule has 2 amide bonds. The number of amides is 2. The largest absolute Gasteiger partial charge is 0.381 e. The molecule has 2 rings (SSSR count). The molecule has 7 heteroatoms. The Hall–Kier alpha value is -1.76. The lowest BCUT2D eigenvalue weighted by Crippen LogP contribution is -2.34. The van der Waals surface area contributed by atoms with Crippen molar-refractivity contribution < 1.29 is 13.2 Å². The highest BCUT2D eigenvalue weighted by Crippen LogP contribution is 2.28. The highest BCUT2D eigenvalue weighted by molar-refractivity contribution is 7.91. The average molecular weight is 297 g/mol. The van der Waals surface area contributed by atoms with Crippen molar-refractivity contribution in [2.75, 3.05) is 16.9 Å². The molecule has 20 heavy (non-hydrogen) atoms. The number of hydrogen-bond donors (Lipinski definition) is 3. The maximum atomic E-state index is 11.7. The number of carbonyl (C=O) groups is 1. The van der Waals surface area contributed by atoms with E-state index in [1.54, 1.807) is 24.3 Å². The predicted molar refractivity (Wildman–Crippen MR) is 79.5 cm³/mol. The van der Waals surface area contributed by atoms with Gasteiger partial charge in [-0.05, 0) is 43.5 Å². The second kappa shape index (κ2) is 5.70. The molecule has 0 spiro atoms. The van der Waals surface area contributed by atoms with E-state index in [2.05, 4.69) is 10.6 Å². The van der Waals surface area contributed by atoms with Crippen LogP contribution in [0, 0.1) is 0 Å². The molecule has 1 aliphatic carbocycles. The van der Waals surface area contributed by atoms with Crippen molar-refractivity contribution in [2.45, 2.75) is 30.6 Å². The van der Waals surface area contributed by atoms with Crippen LogP contribution in [0.4, 0.5) is 16.2 Å². The Morgan fingerprint density at radius 1 is 1.20 bits per heavy atom. The molecule has 0 radical (unpaired) electrons. The monoisotopic (exact) mass is 297 g/mol. The summed E-state index contributed by atoms with van der Waals surface area (Å²) in [6.07, 6.45) is 3.76. The number of urea groups is 1. The molecule has 0 bridgehead atoms. The van der Waals surface area contributed by atoms with Gasteiger partial charge in [-0.3, -0.25) is 0 Å². The van der Waals surface area contributed by atoms with Crippen molar-refractivity contribution in [2.24, 2.45) is 5.73 Å². The maximum absolute atomic E-state index is 11.7. The fourth-order valence-electron chi connectivity index (χ4n) is 2.61. The number of anilines is 2. The first-order valence-electron chi connectivity index (χ1n) is 6.48. The second-order valence-corrected chi connectivity index (χ2v) is 7.38. The molecule has 0 aliphatic heterocycles. The summed E-state index contributed by atoms with van der Waals surface area (Å²) < 4.78 is 23.4. The van der Waals surface area contributed by atoms with Gasteiger partial charge >= 0.3 is 6.03 Å². The normalized spacial score (nSPS) is 22.4. The topological polar surface area (TPSA) is 101 Å². The highest BCUT2D eigenvalue weighted by atomic mass is 32.2. The van der Waals surface area contributed by atoms with Crippen LogP contribution in [0.25, 0.3) is 0 Å². The number of primary amides is 1. The first-order chi connectivity index (χ1) is 9.36. The highest BCUT2D eigenvalue weighted by Gasteiger charge is 2.34. The van der Waals surface area contributed by atoms with Crippen molar-refractivity contribution in [3.8, 4) is 0 Å². The van der Waals surface area contributed by atoms with Gasteiger partial charge in [0.15, 0.2) is 9.84 Å². The Labute approximate surface area is 118 Å². The fourth-order valence-corrected chi connectivity index (χ4v) is 4.01. The van der Waals surface area contributed by atoms with E-state index in [9.17, 15) is 13.2 Å². The Balaban J connectivity index is 2.04. The zero-order valence-electron chi connectivity index (χ0n) is 11.3. The van der Waals surface area contributed by atoms with E-state index in [1.807, 2.05) is 0 Å². The summed E-state index contributed by atoms with van der Waals surface area (Å²) in [6.45, 7) is 0. The molecule has 0 saturated heterocycles. The number of sulfone groups is 1. The van der Waals surface area contributed by atoms with Gasteiger partial charge in [-0.1, -0.05) is 0 Å². The predicted octanol–water partition coefficient (Wildman–Crippen LogP) is 1.55. The molecule has 6 nitrogen and oxygen atoms in total. The molecule has 1 aromatic carbocycles. The molecule has 110 valence electrons. The van der Waals surface area contributed by atoms with Crippen molar-refractivity contribution >= 4 is 27.2 Å². The number of nitrogens with two attached hydrogens (primary N) is 1. The minimum Gasteiger partial charge on any atom is -0.381 e. The van der Waals surface area contributed by atoms with Crippen LogP contribution < -0.4 is 16.4 Å². The number of hydrogen-bond acceptors (Lipinski definition) is 4. The van der Waals surface area contributed by atoms with Crippen LogP contribution in [0.5, 0.6) is 0 Å². The Morgan fingerprint density at radius 2 is 1.80 bits per heavy atom. The first kappa shape index (κ1) is 14.6. The minimum absolute atomic E-state index is 0.0556. The molecule has 2 atom stereocenters. The van der Waals surface area contributed by atoms with Gasteiger partial charge in [0.05, 0.1) is 5.25 Å². The van der Waals surface area contributed by atoms with Crippen molar-refractivity contribution in [3.63, 3.8) is 0 Å². The average Bonchev–Trinajstić information content (AvgIpc) is 2.79. The third-order valence-electron chi connectivity index (χ3n) is 3.51. The third kappa shape index (κ3) is 3.63. The molecule has 1 saturated carbocycles. The smallest absolute Gasteiger partial charge is 0.316 e. The summed E-state index contributed by atoms with van der Waals surface area (Å²) >= 11 is 0. The number of carbonyl (C=O) groups excluding carboxylic acids is 1. The first-order valence-corrected chi connectivity index (χ1v) is 8.43. The number of nitrogens with one attached hydrogen (secondary N) is 2. The van der Waals surface area contributed by atoms with Crippen LogP contribution in [-0.4, -0.2) is 32.0 Å². The standard InChI is InChI=1S/C13H19N3O3S/c1-20(18,19)12-4-2-3-11(12)15-9-5-7-10(8-6-9)16-13(14)17/h5-8,11-12,15H,2-4H2,1H3,(H3,14,16,17). The van der Waals surface area contributed by atoms with E-state index in [4.69, 9.17) is 5.73 Å². The summed E-state index contributed by atoms with van der Waals surface area (Å²) in [5.74, 6) is 0. The second-order valence-electron chi connectivity index (χ2n) is 5.12. The number of benzene rings is 1. The summed E-state index contributed by atoms with van der Waals surface area (Å²) in [5.41, 5.74) is 6.47. The quantitative estimate of drug-likeness (QED) is 0.784. The molecule has 4 N–H and O–H groups in total. The van der Waals surface area contributed by atoms with Crippen LogP contribution in [0.1, 0.15) is 19.3 Å². The summed E-state index contributed by atoms with van der Waals surface area (Å²) in [5, 5.41) is 5.40. The molecule has 1 aliphatic rings. The van der Waals surface area contributed by atoms with E-state index in [1.165, 1.54) is 6.26 Å². The van der Waals surface area contributed by atoms with Crippen LogP contribution in [0.3, 0.4) is 0 Å². The molecule has 0 heterocycles. The zero-order chi connectivity index (χ0) is 14.8. The van der Waals surface area contributed by atoms with E-state index in [-0.39, 0.29) is 11.3 Å². The Bertz CT molecular complexity index is 583. The van der Waals surface area contributed by atoms with Crippen molar-refractivity contribution in [3.05, 3.63) is 24.3 Å². The minimum atomic E-state index is -3.03. The lowest BCUT2D eigenvalue weighted by Gasteiger charge is -2.20. The van der Waals surface area contributed by atoms with Gasteiger partial charge < -0.3 is 16.4 Å². The van der Waals surface area contributed by atoms with Gasteiger partial charge in [-0.25, -0.2) is 13.2 Å². The summed E-state index contributed by atoms with van der Waals surface area (Å²) in [6, 6.07) is 6.36. The Kier molecular flexibility index (Phi) is 4.17. The lowest BCUT2D eigenvalue weighted by atomic mass is 10.2. The van der Waals surface area contributed by atoms with Gasteiger partial charge in [0.25, 0.3) is 0 Å². The van der Waals surface area contributed by atoms with Gasteiger partial charge in [0.1, 0.15) is 0 Å². The van der Waals surface area contributed by atoms with Gasteiger partial charge in [-0.15, -0.1) is 0 Å². The van der Waals surface area contributed by atoms with Crippen LogP contribution in [0.15, 0.2) is 24.3 Å². The van der Waals surface area contributed by atoms with Crippen molar-refractivity contribution in [1.29, 1.82) is 0 Å². The zero-order valence-corrected chi connectivity index (χ0v) is 12.1. The summed E-state index contributed by atoms with van der Waals surface area (Å²) in [4.78, 5) is 10.7. The molecule has 1 aromatic rings. The van der Waals surface area contributed by atoms with Crippen molar-refractivity contribution in [1.82, 2.24) is 0 Å². The van der Waals surface area contributed by atoms with Crippen LogP contribution in [0.2, 0.25) is 0 Å². The van der Waals surface area contributed by atoms with E-state index in [0.717, 1.165) is 18.5 Å². The van der Waals surface area contributed by atoms with E-state index < -0.39 is 15.9 Å². The van der Waals surface area contributed by atoms with Crippen LogP contribution >= 0.6 is 0 Å². The fraction of sp³-hybridized carbons (Fsp3) is 0.462. The third-order valence-corrected chi connectivity index (χ3v) is 5.17. The van der Waals surface area contributed by atoms with Crippen LogP contribution in [-0.2, 0) is 9.84 Å². The van der Waals surface area contributed by atoms with Gasteiger partial charge in [0.2, 0.25) is 0 Å². The molecule has 0 aromatic heterocycles. The number of rotatable bonds is 4. The van der Waals surface area contributed by atoms with Gasteiger partial charge in [0, 0.05) is 23.7 Å². The summed E-state index contributed by atoms with van der Waals surface area (Å²) in [7, 11) is -3.03. The van der Waals surface area contributed by atoms with E-state index in [0.29, 0.717) is 12.1 Å². The lowest BCUT2D eigenvalue weighted by molar-refractivity contribution is 0.259. The molecule has 1 fully saturated rings. The van der Waals surface area contributed by atoms with E-state index >= 15 is 0 Å². The molecule has 2 unspecified atom stereocenters. The Morgan fingerprint density at radius 3 is 2.35 bits per heavy atom.